The summed E-state index contributed by atoms with van der Waals surface area (Å²) in [4.78, 5) is 27.1. The van der Waals surface area contributed by atoms with E-state index in [1.165, 1.54) is 11.3 Å². The molecular weight excluding hydrogens is 542 g/mol. The third kappa shape index (κ3) is 5.67. The van der Waals surface area contributed by atoms with Crippen molar-refractivity contribution < 1.29 is 14.3 Å². The molecule has 1 N–H and O–H groups in total. The Morgan fingerprint density at radius 3 is 2.12 bits per heavy atom. The monoisotopic (exact) mass is 571 g/mol. The highest BCUT2D eigenvalue weighted by molar-refractivity contribution is 7.16. The number of esters is 1. The Balaban J connectivity index is 1.67. The van der Waals surface area contributed by atoms with E-state index < -0.39 is 11.9 Å². The maximum atomic E-state index is 13.5. The van der Waals surface area contributed by atoms with Gasteiger partial charge in [0.25, 0.3) is 5.91 Å². The molecule has 208 valence electrons. The van der Waals surface area contributed by atoms with Gasteiger partial charge in [-0.3, -0.25) is 4.79 Å². The fraction of sp³-hybridized carbons (Fsp3) is 0.114. The third-order valence-electron chi connectivity index (χ3n) is 6.92. The third-order valence-corrected chi connectivity index (χ3v) is 8.04. The minimum atomic E-state index is -0.600. The standard InChI is InChI=1S/C35H29N3O3S/c1-4-41-35(40)31-23(2)24(3)42-34(31)37-33(39)28(22-36)20-27-21-30(25-14-8-5-9-15-25)38(29-18-12-7-13-19-29)32(27)26-16-10-6-11-17-26/h5-21H,4H2,1-3H3,(H,37,39)/b28-20+. The molecule has 0 atom stereocenters. The van der Waals surface area contributed by atoms with Crippen LogP contribution in [0, 0.1) is 25.2 Å². The zero-order valence-corrected chi connectivity index (χ0v) is 24.4. The minimum Gasteiger partial charge on any atom is -0.462 e. The molecule has 0 saturated carbocycles. The number of carbonyl (C=O) groups is 2. The molecule has 2 aromatic heterocycles. The van der Waals surface area contributed by atoms with Crippen molar-refractivity contribution >= 4 is 34.3 Å². The molecule has 0 aliphatic rings. The Bertz CT molecular complexity index is 1810. The molecule has 0 unspecified atom stereocenters. The number of hydrogen-bond acceptors (Lipinski definition) is 5. The summed E-state index contributed by atoms with van der Waals surface area (Å²) in [7, 11) is 0. The van der Waals surface area contributed by atoms with E-state index >= 15 is 0 Å². The summed E-state index contributed by atoms with van der Waals surface area (Å²) in [6, 6.07) is 34.0. The molecule has 1 amide bonds. The van der Waals surface area contributed by atoms with Crippen LogP contribution in [0.3, 0.4) is 0 Å². The van der Waals surface area contributed by atoms with Gasteiger partial charge in [-0.2, -0.15) is 5.26 Å². The van der Waals surface area contributed by atoms with E-state index in [2.05, 4.69) is 16.0 Å². The van der Waals surface area contributed by atoms with Crippen molar-refractivity contribution in [2.75, 3.05) is 11.9 Å². The van der Waals surface area contributed by atoms with Gasteiger partial charge in [0.2, 0.25) is 0 Å². The Morgan fingerprint density at radius 2 is 1.52 bits per heavy atom. The van der Waals surface area contributed by atoms with Crippen molar-refractivity contribution in [2.45, 2.75) is 20.8 Å². The molecular formula is C35H29N3O3S. The fourth-order valence-corrected chi connectivity index (χ4v) is 5.88. The topological polar surface area (TPSA) is 84.1 Å². The predicted octanol–water partition coefficient (Wildman–Crippen LogP) is 8.21. The molecule has 2 heterocycles. The Kier molecular flexibility index (Phi) is 8.47. The summed E-state index contributed by atoms with van der Waals surface area (Å²) in [5, 5.41) is 13.3. The number of rotatable bonds is 8. The van der Waals surface area contributed by atoms with Gasteiger partial charge in [0.05, 0.1) is 23.6 Å². The lowest BCUT2D eigenvalue weighted by Crippen LogP contribution is -2.16. The first kappa shape index (κ1) is 28.3. The second kappa shape index (κ2) is 12.5. The van der Waals surface area contributed by atoms with Crippen LogP contribution in [-0.2, 0) is 9.53 Å². The second-order valence-corrected chi connectivity index (χ2v) is 10.8. The molecule has 0 spiro atoms. The van der Waals surface area contributed by atoms with Gasteiger partial charge in [-0.15, -0.1) is 11.3 Å². The summed E-state index contributed by atoms with van der Waals surface area (Å²) in [6.07, 6.45) is 1.61. The van der Waals surface area contributed by atoms with Gasteiger partial charge in [0.1, 0.15) is 16.6 Å². The van der Waals surface area contributed by atoms with E-state index in [0.29, 0.717) is 16.1 Å². The van der Waals surface area contributed by atoms with E-state index in [9.17, 15) is 14.9 Å². The van der Waals surface area contributed by atoms with Gasteiger partial charge in [-0.05, 0) is 61.7 Å². The molecule has 42 heavy (non-hydrogen) atoms. The van der Waals surface area contributed by atoms with Gasteiger partial charge in [0.15, 0.2) is 0 Å². The van der Waals surface area contributed by atoms with Crippen LogP contribution in [0.1, 0.15) is 33.3 Å². The van der Waals surface area contributed by atoms with E-state index in [-0.39, 0.29) is 12.2 Å². The van der Waals surface area contributed by atoms with Gasteiger partial charge < -0.3 is 14.6 Å². The summed E-state index contributed by atoms with van der Waals surface area (Å²) >= 11 is 1.29. The van der Waals surface area contributed by atoms with Crippen molar-refractivity contribution in [3.8, 4) is 34.3 Å². The highest BCUT2D eigenvalue weighted by Gasteiger charge is 2.24. The van der Waals surface area contributed by atoms with Gasteiger partial charge >= 0.3 is 5.97 Å². The number of benzene rings is 3. The van der Waals surface area contributed by atoms with Crippen LogP contribution in [0.15, 0.2) is 103 Å². The molecule has 5 aromatic rings. The molecule has 0 aliphatic carbocycles. The van der Waals surface area contributed by atoms with Crippen LogP contribution in [0.25, 0.3) is 34.3 Å². The Morgan fingerprint density at radius 1 is 0.929 bits per heavy atom. The number of nitriles is 1. The molecule has 5 rings (SSSR count). The van der Waals surface area contributed by atoms with Crippen molar-refractivity contribution in [1.29, 1.82) is 5.26 Å². The average Bonchev–Trinajstić information content (AvgIpc) is 3.53. The predicted molar refractivity (Wildman–Crippen MR) is 169 cm³/mol. The van der Waals surface area contributed by atoms with E-state index in [1.807, 2.05) is 111 Å². The molecule has 6 nitrogen and oxygen atoms in total. The number of ether oxygens (including phenoxy) is 1. The largest absolute Gasteiger partial charge is 0.462 e. The lowest BCUT2D eigenvalue weighted by Gasteiger charge is -2.15. The number of hydrogen-bond donors (Lipinski definition) is 1. The first-order chi connectivity index (χ1) is 20.4. The van der Waals surface area contributed by atoms with E-state index in [1.54, 1.807) is 13.0 Å². The maximum Gasteiger partial charge on any atom is 0.341 e. The number of para-hydroxylation sites is 1. The molecule has 0 saturated heterocycles. The van der Waals surface area contributed by atoms with Gasteiger partial charge in [-0.1, -0.05) is 78.9 Å². The zero-order chi connectivity index (χ0) is 29.6. The zero-order valence-electron chi connectivity index (χ0n) is 23.5. The van der Waals surface area contributed by atoms with Crippen LogP contribution in [0.5, 0.6) is 0 Å². The van der Waals surface area contributed by atoms with Crippen LogP contribution in [0.4, 0.5) is 5.00 Å². The number of aromatic nitrogens is 1. The minimum absolute atomic E-state index is 0.0875. The van der Waals surface area contributed by atoms with Crippen molar-refractivity contribution in [3.63, 3.8) is 0 Å². The number of nitrogens with zero attached hydrogens (tertiary/aromatic N) is 2. The van der Waals surface area contributed by atoms with Crippen molar-refractivity contribution in [3.05, 3.63) is 124 Å². The SMILES string of the molecule is CCOC(=O)c1c(NC(=O)/C(C#N)=C/c2cc(-c3ccccc3)n(-c3ccccc3)c2-c2ccccc2)sc(C)c1C. The highest BCUT2D eigenvalue weighted by Crippen LogP contribution is 2.38. The fourth-order valence-electron chi connectivity index (χ4n) is 4.84. The number of aryl methyl sites for hydroxylation is 1. The molecule has 3 aromatic carbocycles. The highest BCUT2D eigenvalue weighted by atomic mass is 32.1. The lowest BCUT2D eigenvalue weighted by atomic mass is 10.0. The number of nitrogens with one attached hydrogen (secondary N) is 1. The first-order valence-electron chi connectivity index (χ1n) is 13.5. The number of anilines is 1. The van der Waals surface area contributed by atoms with Crippen LogP contribution < -0.4 is 5.32 Å². The van der Waals surface area contributed by atoms with Crippen molar-refractivity contribution in [1.82, 2.24) is 4.57 Å². The van der Waals surface area contributed by atoms with Crippen LogP contribution in [-0.4, -0.2) is 23.1 Å². The van der Waals surface area contributed by atoms with Crippen LogP contribution in [0.2, 0.25) is 0 Å². The summed E-state index contributed by atoms with van der Waals surface area (Å²) in [6.45, 7) is 5.65. The summed E-state index contributed by atoms with van der Waals surface area (Å²) in [5.74, 6) is -1.10. The Labute approximate surface area is 249 Å². The van der Waals surface area contributed by atoms with Crippen molar-refractivity contribution in [2.24, 2.45) is 0 Å². The number of thiophene rings is 1. The van der Waals surface area contributed by atoms with Gasteiger partial charge in [-0.25, -0.2) is 4.79 Å². The average molecular weight is 572 g/mol. The lowest BCUT2D eigenvalue weighted by molar-refractivity contribution is -0.112. The van der Waals surface area contributed by atoms with E-state index in [4.69, 9.17) is 4.74 Å². The normalized spacial score (nSPS) is 11.1. The quantitative estimate of drug-likeness (QED) is 0.116. The van der Waals surface area contributed by atoms with Gasteiger partial charge in [0, 0.05) is 16.1 Å². The first-order valence-corrected chi connectivity index (χ1v) is 14.4. The smallest absolute Gasteiger partial charge is 0.341 e. The number of amides is 1. The Hall–Kier alpha value is -5.19. The van der Waals surface area contributed by atoms with E-state index in [0.717, 1.165) is 38.6 Å². The second-order valence-electron chi connectivity index (χ2n) is 9.57. The maximum absolute atomic E-state index is 13.5. The molecule has 7 heteroatoms. The number of carbonyl (C=O) groups excluding carboxylic acids is 2. The van der Waals surface area contributed by atoms with Crippen LogP contribution >= 0.6 is 11.3 Å². The molecule has 0 fully saturated rings. The molecule has 0 aliphatic heterocycles. The molecule has 0 radical (unpaired) electrons. The molecule has 0 bridgehead atoms. The summed E-state index contributed by atoms with van der Waals surface area (Å²) < 4.78 is 7.37. The summed E-state index contributed by atoms with van der Waals surface area (Å²) in [5.41, 5.74) is 6.31.